The van der Waals surface area contributed by atoms with Gasteiger partial charge in [-0.3, -0.25) is 0 Å². The normalized spacial score (nSPS) is 41.8. The molecule has 3 unspecified atom stereocenters. The second-order valence-corrected chi connectivity index (χ2v) is 4.90. The fraction of sp³-hybridized carbons (Fsp3) is 1.00. The van der Waals surface area contributed by atoms with Crippen LogP contribution in [0.25, 0.3) is 0 Å². The van der Waals surface area contributed by atoms with Gasteiger partial charge >= 0.3 is 0 Å². The van der Waals surface area contributed by atoms with Crippen LogP contribution < -0.4 is 5.32 Å². The first kappa shape index (κ1) is 8.55. The van der Waals surface area contributed by atoms with Crippen molar-refractivity contribution in [2.45, 2.75) is 58.0 Å². The molecule has 0 aromatic carbocycles. The number of nitrogens with one attached hydrogen (secondary N) is 1. The van der Waals surface area contributed by atoms with Gasteiger partial charge in [-0.05, 0) is 31.1 Å². The molecule has 0 aromatic rings. The molecule has 12 heavy (non-hydrogen) atoms. The van der Waals surface area contributed by atoms with Gasteiger partial charge in [0, 0.05) is 12.1 Å². The quantitative estimate of drug-likeness (QED) is 0.633. The zero-order chi connectivity index (χ0) is 8.55. The van der Waals surface area contributed by atoms with Crippen LogP contribution in [0.1, 0.15) is 46.0 Å². The van der Waals surface area contributed by atoms with Crippen LogP contribution in [-0.4, -0.2) is 12.1 Å². The van der Waals surface area contributed by atoms with Crippen LogP contribution in [0.5, 0.6) is 0 Å². The van der Waals surface area contributed by atoms with E-state index in [1.165, 1.54) is 32.1 Å². The van der Waals surface area contributed by atoms with Crippen molar-refractivity contribution < 1.29 is 0 Å². The minimum Gasteiger partial charge on any atom is -0.311 e. The third-order valence-electron chi connectivity index (χ3n) is 3.70. The Morgan fingerprint density at radius 3 is 2.58 bits per heavy atom. The van der Waals surface area contributed by atoms with E-state index in [4.69, 9.17) is 0 Å². The summed E-state index contributed by atoms with van der Waals surface area (Å²) in [6.07, 6.45) is 7.31. The Morgan fingerprint density at radius 2 is 1.92 bits per heavy atom. The first-order chi connectivity index (χ1) is 5.77. The molecule has 1 saturated heterocycles. The van der Waals surface area contributed by atoms with Crippen molar-refractivity contribution in [3.05, 3.63) is 0 Å². The van der Waals surface area contributed by atoms with Crippen molar-refractivity contribution in [1.82, 2.24) is 5.32 Å². The summed E-state index contributed by atoms with van der Waals surface area (Å²) in [5.41, 5.74) is 0. The van der Waals surface area contributed by atoms with Gasteiger partial charge in [-0.15, -0.1) is 0 Å². The molecule has 2 rings (SSSR count). The van der Waals surface area contributed by atoms with Crippen LogP contribution >= 0.6 is 0 Å². The van der Waals surface area contributed by atoms with Gasteiger partial charge in [0.1, 0.15) is 0 Å². The number of fused-ring (bicyclic) bond motifs is 1. The third-order valence-corrected chi connectivity index (χ3v) is 3.70. The molecule has 70 valence electrons. The zero-order valence-corrected chi connectivity index (χ0v) is 8.34. The molecule has 0 bridgehead atoms. The van der Waals surface area contributed by atoms with Gasteiger partial charge in [-0.25, -0.2) is 0 Å². The van der Waals surface area contributed by atoms with E-state index in [-0.39, 0.29) is 0 Å². The molecule has 1 aliphatic carbocycles. The smallest absolute Gasteiger partial charge is 0.00986 e. The molecule has 1 nitrogen and oxygen atoms in total. The Morgan fingerprint density at radius 1 is 1.17 bits per heavy atom. The topological polar surface area (TPSA) is 12.0 Å². The van der Waals surface area contributed by atoms with E-state index in [2.05, 4.69) is 19.2 Å². The van der Waals surface area contributed by atoms with Crippen molar-refractivity contribution in [3.63, 3.8) is 0 Å². The SMILES string of the molecule is CC(C)C1CC2CCCCC2N1. The molecule has 0 amide bonds. The van der Waals surface area contributed by atoms with Crippen LogP contribution in [0.4, 0.5) is 0 Å². The summed E-state index contributed by atoms with van der Waals surface area (Å²) >= 11 is 0. The standard InChI is InChI=1S/C11H21N/c1-8(2)11-7-9-5-3-4-6-10(9)12-11/h8-12H,3-7H2,1-2H3. The molecular weight excluding hydrogens is 146 g/mol. The van der Waals surface area contributed by atoms with Crippen molar-refractivity contribution >= 4 is 0 Å². The van der Waals surface area contributed by atoms with Gasteiger partial charge in [0.2, 0.25) is 0 Å². The zero-order valence-electron chi connectivity index (χ0n) is 8.34. The molecule has 1 heteroatoms. The largest absolute Gasteiger partial charge is 0.311 e. The lowest BCUT2D eigenvalue weighted by molar-refractivity contribution is 0.325. The highest BCUT2D eigenvalue weighted by atomic mass is 15.0. The maximum atomic E-state index is 3.79. The third kappa shape index (κ3) is 1.52. The minimum absolute atomic E-state index is 0.818. The van der Waals surface area contributed by atoms with Crippen LogP contribution in [0.15, 0.2) is 0 Å². The second kappa shape index (κ2) is 3.37. The van der Waals surface area contributed by atoms with Crippen LogP contribution in [0.2, 0.25) is 0 Å². The first-order valence-corrected chi connectivity index (χ1v) is 5.53. The maximum Gasteiger partial charge on any atom is 0.00986 e. The Balaban J connectivity index is 1.94. The van der Waals surface area contributed by atoms with Gasteiger partial charge in [0.15, 0.2) is 0 Å². The highest BCUT2D eigenvalue weighted by Gasteiger charge is 2.35. The summed E-state index contributed by atoms with van der Waals surface area (Å²) in [5.74, 6) is 1.85. The van der Waals surface area contributed by atoms with E-state index >= 15 is 0 Å². The molecule has 0 aromatic heterocycles. The molecule has 3 atom stereocenters. The summed E-state index contributed by atoms with van der Waals surface area (Å²) in [6.45, 7) is 4.68. The predicted molar refractivity (Wildman–Crippen MR) is 52.1 cm³/mol. The highest BCUT2D eigenvalue weighted by molar-refractivity contribution is 4.93. The lowest BCUT2D eigenvalue weighted by Gasteiger charge is -2.24. The fourth-order valence-corrected chi connectivity index (χ4v) is 2.84. The van der Waals surface area contributed by atoms with Crippen molar-refractivity contribution in [3.8, 4) is 0 Å². The predicted octanol–water partition coefficient (Wildman–Crippen LogP) is 2.56. The van der Waals surface area contributed by atoms with Gasteiger partial charge in [-0.2, -0.15) is 0 Å². The highest BCUT2D eigenvalue weighted by Crippen LogP contribution is 2.34. The monoisotopic (exact) mass is 167 g/mol. The second-order valence-electron chi connectivity index (χ2n) is 4.90. The molecule has 2 fully saturated rings. The van der Waals surface area contributed by atoms with E-state index in [9.17, 15) is 0 Å². The number of hydrogen-bond acceptors (Lipinski definition) is 1. The average Bonchev–Trinajstić information content (AvgIpc) is 2.46. The summed E-state index contributed by atoms with van der Waals surface area (Å²) < 4.78 is 0. The molecule has 2 aliphatic rings. The Hall–Kier alpha value is -0.0400. The minimum atomic E-state index is 0.818. The van der Waals surface area contributed by atoms with Crippen LogP contribution in [0.3, 0.4) is 0 Å². The van der Waals surface area contributed by atoms with Crippen LogP contribution in [0, 0.1) is 11.8 Å². The molecule has 1 aliphatic heterocycles. The molecule has 1 saturated carbocycles. The Bertz CT molecular complexity index is 139. The Labute approximate surface area is 75.9 Å². The van der Waals surface area contributed by atoms with Gasteiger partial charge in [0.25, 0.3) is 0 Å². The lowest BCUT2D eigenvalue weighted by Crippen LogP contribution is -2.35. The van der Waals surface area contributed by atoms with E-state index in [1.807, 2.05) is 0 Å². The summed E-state index contributed by atoms with van der Waals surface area (Å²) in [4.78, 5) is 0. The summed E-state index contributed by atoms with van der Waals surface area (Å²) in [6, 6.07) is 1.70. The van der Waals surface area contributed by atoms with Gasteiger partial charge < -0.3 is 5.32 Å². The molecule has 0 radical (unpaired) electrons. The van der Waals surface area contributed by atoms with E-state index in [1.54, 1.807) is 0 Å². The molecule has 0 spiro atoms. The van der Waals surface area contributed by atoms with E-state index in [0.29, 0.717) is 0 Å². The van der Waals surface area contributed by atoms with Gasteiger partial charge in [-0.1, -0.05) is 26.7 Å². The number of rotatable bonds is 1. The summed E-state index contributed by atoms with van der Waals surface area (Å²) in [5, 5.41) is 3.79. The van der Waals surface area contributed by atoms with Crippen molar-refractivity contribution in [1.29, 1.82) is 0 Å². The van der Waals surface area contributed by atoms with E-state index in [0.717, 1.165) is 23.9 Å². The van der Waals surface area contributed by atoms with Crippen molar-refractivity contribution in [2.75, 3.05) is 0 Å². The average molecular weight is 167 g/mol. The van der Waals surface area contributed by atoms with Gasteiger partial charge in [0.05, 0.1) is 0 Å². The van der Waals surface area contributed by atoms with Crippen molar-refractivity contribution in [2.24, 2.45) is 11.8 Å². The molecule has 1 heterocycles. The fourth-order valence-electron chi connectivity index (χ4n) is 2.84. The molecular formula is C11H21N. The first-order valence-electron chi connectivity index (χ1n) is 5.53. The van der Waals surface area contributed by atoms with E-state index < -0.39 is 0 Å². The van der Waals surface area contributed by atoms with Crippen LogP contribution in [-0.2, 0) is 0 Å². The maximum absolute atomic E-state index is 3.79. The lowest BCUT2D eigenvalue weighted by atomic mass is 9.84. The summed E-state index contributed by atoms with van der Waals surface area (Å²) in [7, 11) is 0. The Kier molecular flexibility index (Phi) is 2.40. The number of hydrogen-bond donors (Lipinski definition) is 1. The molecule has 1 N–H and O–H groups in total.